The fourth-order valence-corrected chi connectivity index (χ4v) is 8.35. The number of benzene rings is 8. The SMILES string of the molecule is c1ccc(-c2cccc(N(c3ccc(-c4ccccc4)c(-c4ccccc4)c3)c3cccc4c3oc3cc5sc(-c6ccccc6)nc5cc34)c2)cc1. The second-order valence-corrected chi connectivity index (χ2v) is 14.2. The molecule has 0 amide bonds. The van der Waals surface area contributed by atoms with Crippen LogP contribution in [0.1, 0.15) is 0 Å². The van der Waals surface area contributed by atoms with Gasteiger partial charge in [0, 0.05) is 33.8 Å². The van der Waals surface area contributed by atoms with Gasteiger partial charge < -0.3 is 9.32 Å². The van der Waals surface area contributed by atoms with E-state index >= 15 is 0 Å². The number of fused-ring (bicyclic) bond motifs is 4. The van der Waals surface area contributed by atoms with Gasteiger partial charge >= 0.3 is 0 Å². The van der Waals surface area contributed by atoms with Gasteiger partial charge in [-0.3, -0.25) is 0 Å². The molecule has 0 aliphatic carbocycles. The van der Waals surface area contributed by atoms with Crippen LogP contribution in [0.3, 0.4) is 0 Å². The average Bonchev–Trinajstić information content (AvgIpc) is 3.82. The van der Waals surface area contributed by atoms with Crippen molar-refractivity contribution in [2.24, 2.45) is 0 Å². The molecule has 10 rings (SSSR count). The summed E-state index contributed by atoms with van der Waals surface area (Å²) in [6.07, 6.45) is 0. The number of furan rings is 1. The van der Waals surface area contributed by atoms with Crippen LogP contribution in [0, 0.1) is 0 Å². The van der Waals surface area contributed by atoms with Gasteiger partial charge in [-0.15, -0.1) is 11.3 Å². The van der Waals surface area contributed by atoms with Crippen molar-refractivity contribution in [3.63, 3.8) is 0 Å². The minimum Gasteiger partial charge on any atom is -0.454 e. The van der Waals surface area contributed by atoms with E-state index in [0.29, 0.717) is 0 Å². The van der Waals surface area contributed by atoms with Crippen LogP contribution in [-0.4, -0.2) is 4.98 Å². The molecular formula is C49H32N2OS. The average molecular weight is 697 g/mol. The minimum atomic E-state index is 0.835. The molecule has 250 valence electrons. The van der Waals surface area contributed by atoms with Crippen molar-refractivity contribution in [3.8, 4) is 44.0 Å². The van der Waals surface area contributed by atoms with Gasteiger partial charge in [-0.05, 0) is 69.8 Å². The summed E-state index contributed by atoms with van der Waals surface area (Å²) in [5.41, 5.74) is 13.8. The van der Waals surface area contributed by atoms with Crippen molar-refractivity contribution in [2.45, 2.75) is 0 Å². The zero-order valence-corrected chi connectivity index (χ0v) is 29.5. The van der Waals surface area contributed by atoms with Gasteiger partial charge in [-0.2, -0.15) is 0 Å². The normalized spacial score (nSPS) is 11.4. The molecule has 0 saturated heterocycles. The first-order valence-corrected chi connectivity index (χ1v) is 18.6. The Kier molecular flexibility index (Phi) is 7.67. The number of thiazole rings is 1. The molecule has 3 nitrogen and oxygen atoms in total. The van der Waals surface area contributed by atoms with Crippen molar-refractivity contribution < 1.29 is 4.42 Å². The number of aromatic nitrogens is 1. The lowest BCUT2D eigenvalue weighted by Crippen LogP contribution is -2.10. The van der Waals surface area contributed by atoms with Crippen molar-refractivity contribution in [1.82, 2.24) is 4.98 Å². The maximum absolute atomic E-state index is 6.89. The zero-order valence-electron chi connectivity index (χ0n) is 28.7. The molecule has 0 atom stereocenters. The van der Waals surface area contributed by atoms with Gasteiger partial charge in [0.15, 0.2) is 5.58 Å². The number of para-hydroxylation sites is 1. The van der Waals surface area contributed by atoms with Crippen molar-refractivity contribution >= 4 is 60.6 Å². The maximum Gasteiger partial charge on any atom is 0.159 e. The van der Waals surface area contributed by atoms with Crippen molar-refractivity contribution in [2.75, 3.05) is 4.90 Å². The molecule has 0 saturated carbocycles. The van der Waals surface area contributed by atoms with E-state index in [-0.39, 0.29) is 0 Å². The smallest absolute Gasteiger partial charge is 0.159 e. The summed E-state index contributed by atoms with van der Waals surface area (Å²) < 4.78 is 8.00. The third-order valence-corrected chi connectivity index (χ3v) is 11.0. The van der Waals surface area contributed by atoms with Crippen LogP contribution in [-0.2, 0) is 0 Å². The maximum atomic E-state index is 6.89. The largest absolute Gasteiger partial charge is 0.454 e. The lowest BCUT2D eigenvalue weighted by molar-refractivity contribution is 0.669. The Bertz CT molecular complexity index is 2880. The van der Waals surface area contributed by atoms with Gasteiger partial charge in [0.25, 0.3) is 0 Å². The van der Waals surface area contributed by atoms with E-state index in [1.54, 1.807) is 11.3 Å². The van der Waals surface area contributed by atoms with Gasteiger partial charge in [0.05, 0.1) is 15.9 Å². The Labute approximate surface area is 311 Å². The monoisotopic (exact) mass is 696 g/mol. The molecule has 53 heavy (non-hydrogen) atoms. The molecule has 4 heteroatoms. The fourth-order valence-electron chi connectivity index (χ4n) is 7.36. The van der Waals surface area contributed by atoms with Crippen LogP contribution in [0.25, 0.3) is 76.1 Å². The second-order valence-electron chi connectivity index (χ2n) is 13.2. The summed E-state index contributed by atoms with van der Waals surface area (Å²) >= 11 is 1.70. The van der Waals surface area contributed by atoms with Crippen LogP contribution in [0.5, 0.6) is 0 Å². The quantitative estimate of drug-likeness (QED) is 0.166. The van der Waals surface area contributed by atoms with E-state index in [1.165, 1.54) is 16.7 Å². The van der Waals surface area contributed by atoms with E-state index in [9.17, 15) is 0 Å². The van der Waals surface area contributed by atoms with E-state index in [1.807, 2.05) is 6.07 Å². The molecule has 2 aromatic heterocycles. The van der Waals surface area contributed by atoms with E-state index in [2.05, 4.69) is 193 Å². The van der Waals surface area contributed by atoms with Gasteiger partial charge in [0.1, 0.15) is 10.6 Å². The molecule has 0 N–H and O–H groups in total. The van der Waals surface area contributed by atoms with Gasteiger partial charge in [-0.1, -0.05) is 152 Å². The number of hydrogen-bond acceptors (Lipinski definition) is 4. The first-order valence-electron chi connectivity index (χ1n) is 17.8. The molecule has 10 aromatic rings. The molecule has 2 heterocycles. The zero-order chi connectivity index (χ0) is 35.1. The predicted molar refractivity (Wildman–Crippen MR) is 223 cm³/mol. The molecule has 0 fully saturated rings. The topological polar surface area (TPSA) is 29.3 Å². The summed E-state index contributed by atoms with van der Waals surface area (Å²) in [6, 6.07) is 68.6. The van der Waals surface area contributed by atoms with E-state index < -0.39 is 0 Å². The Morgan fingerprint density at radius 2 is 1.04 bits per heavy atom. The molecule has 0 spiro atoms. The fraction of sp³-hybridized carbons (Fsp3) is 0. The Morgan fingerprint density at radius 1 is 0.434 bits per heavy atom. The van der Waals surface area contributed by atoms with Crippen LogP contribution < -0.4 is 4.90 Å². The molecular weight excluding hydrogens is 665 g/mol. The summed E-state index contributed by atoms with van der Waals surface area (Å²) in [7, 11) is 0. The Morgan fingerprint density at radius 3 is 1.75 bits per heavy atom. The highest BCUT2D eigenvalue weighted by Crippen LogP contribution is 2.46. The van der Waals surface area contributed by atoms with E-state index in [4.69, 9.17) is 9.40 Å². The van der Waals surface area contributed by atoms with Gasteiger partial charge in [-0.25, -0.2) is 4.98 Å². The highest BCUT2D eigenvalue weighted by atomic mass is 32.1. The molecule has 0 unspecified atom stereocenters. The van der Waals surface area contributed by atoms with Crippen LogP contribution in [0.15, 0.2) is 199 Å². The molecule has 0 aliphatic rings. The first kappa shape index (κ1) is 31.0. The van der Waals surface area contributed by atoms with Gasteiger partial charge in [0.2, 0.25) is 0 Å². The van der Waals surface area contributed by atoms with Crippen LogP contribution in [0.4, 0.5) is 17.1 Å². The summed E-state index contributed by atoms with van der Waals surface area (Å²) in [5.74, 6) is 0. The molecule has 0 radical (unpaired) electrons. The third-order valence-electron chi connectivity index (χ3n) is 9.89. The Balaban J connectivity index is 1.19. The molecule has 0 aliphatic heterocycles. The van der Waals surface area contributed by atoms with E-state index in [0.717, 1.165) is 76.5 Å². The second kappa shape index (κ2) is 13.1. The third kappa shape index (κ3) is 5.66. The number of hydrogen-bond donors (Lipinski definition) is 0. The highest BCUT2D eigenvalue weighted by molar-refractivity contribution is 7.21. The van der Waals surface area contributed by atoms with Crippen molar-refractivity contribution in [3.05, 3.63) is 194 Å². The lowest BCUT2D eigenvalue weighted by atomic mass is 9.93. The Hall–Kier alpha value is -6.75. The van der Waals surface area contributed by atoms with Crippen molar-refractivity contribution in [1.29, 1.82) is 0 Å². The molecule has 0 bridgehead atoms. The summed E-state index contributed by atoms with van der Waals surface area (Å²) in [5, 5.41) is 3.12. The van der Waals surface area contributed by atoms with Crippen LogP contribution in [0.2, 0.25) is 0 Å². The summed E-state index contributed by atoms with van der Waals surface area (Å²) in [4.78, 5) is 7.39. The lowest BCUT2D eigenvalue weighted by Gasteiger charge is -2.27. The predicted octanol–water partition coefficient (Wildman–Crippen LogP) is 14.3. The summed E-state index contributed by atoms with van der Waals surface area (Å²) in [6.45, 7) is 0. The first-order chi connectivity index (χ1) is 26.3. The van der Waals surface area contributed by atoms with Crippen LogP contribution >= 0.6 is 11.3 Å². The highest BCUT2D eigenvalue weighted by Gasteiger charge is 2.22. The minimum absolute atomic E-state index is 0.835. The number of nitrogens with zero attached hydrogens (tertiary/aromatic N) is 2. The number of rotatable bonds is 7. The standard InChI is InChI=1S/C49H32N2OS/c1-5-15-33(16-6-1)37-23-13-24-38(29-37)51(39-27-28-40(34-17-7-2-8-18-34)42(30-39)35-19-9-3-10-20-35)45-26-14-25-41-43-31-44-47(32-46(43)52-48(41)45)53-49(50-44)36-21-11-4-12-22-36/h1-32H. The molecule has 8 aromatic carbocycles. The number of anilines is 3.